The summed E-state index contributed by atoms with van der Waals surface area (Å²) in [6.07, 6.45) is 2.67. The molecule has 1 unspecified atom stereocenters. The lowest BCUT2D eigenvalue weighted by atomic mass is 9.90. The highest BCUT2D eigenvalue weighted by Crippen LogP contribution is 2.28. The Labute approximate surface area is 108 Å². The first-order valence-corrected chi connectivity index (χ1v) is 5.54. The fraction of sp³-hybridized carbons (Fsp3) is 0.0833. The summed E-state index contributed by atoms with van der Waals surface area (Å²) in [6, 6.07) is 6.76. The van der Waals surface area contributed by atoms with Gasteiger partial charge in [0, 0.05) is 11.1 Å². The fourth-order valence-electron chi connectivity index (χ4n) is 2.09. The number of fused-ring (bicyclic) bond motifs is 1. The molecule has 1 amide bonds. The van der Waals surface area contributed by atoms with E-state index in [4.69, 9.17) is 11.5 Å². The molecule has 0 spiro atoms. The monoisotopic (exact) mass is 254 g/mol. The van der Waals surface area contributed by atoms with Gasteiger partial charge in [-0.3, -0.25) is 10.5 Å². The Kier molecular flexibility index (Phi) is 2.36. The molecule has 0 aliphatic carbocycles. The fourth-order valence-corrected chi connectivity index (χ4v) is 2.09. The number of benzene rings is 1. The maximum Gasteiger partial charge on any atom is 0.249 e. The zero-order valence-electron chi connectivity index (χ0n) is 9.82. The minimum absolute atomic E-state index is 0.304. The number of rotatable bonds is 2. The van der Waals surface area contributed by atoms with Gasteiger partial charge in [-0.15, -0.1) is 0 Å². The summed E-state index contributed by atoms with van der Waals surface area (Å²) in [5.74, 6) is -0.170. The molecule has 94 valence electrons. The SMILES string of the molecule is NC(=O)c1ccccc1C1(N)N=CN=C2N=CN=C21. The van der Waals surface area contributed by atoms with E-state index in [2.05, 4.69) is 20.0 Å². The summed E-state index contributed by atoms with van der Waals surface area (Å²) in [4.78, 5) is 27.7. The van der Waals surface area contributed by atoms with Crippen molar-refractivity contribution in [1.82, 2.24) is 0 Å². The van der Waals surface area contributed by atoms with Crippen molar-refractivity contribution < 1.29 is 4.79 Å². The second-order valence-electron chi connectivity index (χ2n) is 4.10. The van der Waals surface area contributed by atoms with Gasteiger partial charge < -0.3 is 5.73 Å². The molecule has 2 aliphatic rings. The third-order valence-electron chi connectivity index (χ3n) is 2.98. The number of hydrogen-bond donors (Lipinski definition) is 2. The number of aliphatic imine (C=N–C) groups is 4. The zero-order valence-corrected chi connectivity index (χ0v) is 9.82. The van der Waals surface area contributed by atoms with Gasteiger partial charge in [0.15, 0.2) is 11.5 Å². The first kappa shape index (κ1) is 11.4. The Hall–Kier alpha value is -2.67. The highest BCUT2D eigenvalue weighted by Gasteiger charge is 2.41. The largest absolute Gasteiger partial charge is 0.366 e. The molecule has 1 aromatic carbocycles. The maximum absolute atomic E-state index is 11.5. The molecule has 0 saturated heterocycles. The predicted octanol–water partition coefficient (Wildman–Crippen LogP) is -0.180. The maximum atomic E-state index is 11.5. The van der Waals surface area contributed by atoms with E-state index in [-0.39, 0.29) is 0 Å². The standard InChI is InChI=1S/C12H10N6O/c13-10(19)7-3-1-2-4-8(7)12(14)9-11(16-5-15-9)17-6-18-12/h1-6H,14H2,(H2,13,19). The highest BCUT2D eigenvalue weighted by molar-refractivity contribution is 6.50. The predicted molar refractivity (Wildman–Crippen MR) is 72.7 cm³/mol. The van der Waals surface area contributed by atoms with Crippen LogP contribution in [0.1, 0.15) is 15.9 Å². The molecular weight excluding hydrogens is 244 g/mol. The van der Waals surface area contributed by atoms with E-state index in [1.807, 2.05) is 0 Å². The van der Waals surface area contributed by atoms with Crippen LogP contribution in [-0.4, -0.2) is 30.1 Å². The number of primary amides is 1. The van der Waals surface area contributed by atoms with Crippen LogP contribution in [0.5, 0.6) is 0 Å². The Morgan fingerprint density at radius 3 is 2.74 bits per heavy atom. The molecular formula is C12H10N6O. The molecule has 0 radical (unpaired) electrons. The van der Waals surface area contributed by atoms with E-state index in [9.17, 15) is 4.79 Å². The molecule has 0 bridgehead atoms. The van der Waals surface area contributed by atoms with E-state index < -0.39 is 11.6 Å². The van der Waals surface area contributed by atoms with Crippen molar-refractivity contribution in [2.24, 2.45) is 31.4 Å². The molecule has 2 aliphatic heterocycles. The number of nitrogens with zero attached hydrogens (tertiary/aromatic N) is 4. The zero-order chi connectivity index (χ0) is 13.5. The first-order valence-electron chi connectivity index (χ1n) is 5.54. The van der Waals surface area contributed by atoms with Crippen molar-refractivity contribution in [2.75, 3.05) is 0 Å². The van der Waals surface area contributed by atoms with Crippen molar-refractivity contribution in [3.05, 3.63) is 35.4 Å². The smallest absolute Gasteiger partial charge is 0.249 e. The summed E-state index contributed by atoms with van der Waals surface area (Å²) < 4.78 is 0. The van der Waals surface area contributed by atoms with Gasteiger partial charge in [0.1, 0.15) is 18.4 Å². The Bertz CT molecular complexity index is 687. The van der Waals surface area contributed by atoms with Gasteiger partial charge in [-0.25, -0.2) is 20.0 Å². The third-order valence-corrected chi connectivity index (χ3v) is 2.98. The van der Waals surface area contributed by atoms with Crippen LogP contribution in [0.15, 0.2) is 44.2 Å². The van der Waals surface area contributed by atoms with Crippen molar-refractivity contribution in [1.29, 1.82) is 0 Å². The van der Waals surface area contributed by atoms with Gasteiger partial charge in [-0.1, -0.05) is 18.2 Å². The number of hydrogen-bond acceptors (Lipinski definition) is 6. The lowest BCUT2D eigenvalue weighted by molar-refractivity contribution is 0.0998. The van der Waals surface area contributed by atoms with Crippen molar-refractivity contribution in [3.8, 4) is 0 Å². The lowest BCUT2D eigenvalue weighted by Crippen LogP contribution is -2.48. The van der Waals surface area contributed by atoms with Crippen molar-refractivity contribution in [2.45, 2.75) is 5.66 Å². The number of amides is 1. The van der Waals surface area contributed by atoms with E-state index in [1.165, 1.54) is 12.7 Å². The Morgan fingerprint density at radius 1 is 1.16 bits per heavy atom. The summed E-state index contributed by atoms with van der Waals surface area (Å²) in [5.41, 5.74) is 11.6. The molecule has 0 saturated carbocycles. The minimum Gasteiger partial charge on any atom is -0.366 e. The molecule has 1 aromatic rings. The topological polar surface area (TPSA) is 119 Å². The van der Waals surface area contributed by atoms with Crippen LogP contribution in [0.25, 0.3) is 0 Å². The van der Waals surface area contributed by atoms with Crippen LogP contribution in [0.4, 0.5) is 0 Å². The van der Waals surface area contributed by atoms with Crippen LogP contribution in [0, 0.1) is 0 Å². The number of carbonyl (C=O) groups excluding carboxylic acids is 1. The molecule has 3 rings (SSSR count). The van der Waals surface area contributed by atoms with Crippen LogP contribution in [0.3, 0.4) is 0 Å². The third kappa shape index (κ3) is 1.59. The molecule has 4 N–H and O–H groups in total. The van der Waals surface area contributed by atoms with Crippen molar-refractivity contribution >= 4 is 30.1 Å². The van der Waals surface area contributed by atoms with Gasteiger partial charge >= 0.3 is 0 Å². The Balaban J connectivity index is 2.20. The summed E-state index contributed by atoms with van der Waals surface area (Å²) in [7, 11) is 0. The number of nitrogens with two attached hydrogens (primary N) is 2. The summed E-state index contributed by atoms with van der Waals surface area (Å²) in [5, 5.41) is 0. The molecule has 0 aromatic heterocycles. The van der Waals surface area contributed by atoms with Gasteiger partial charge in [-0.2, -0.15) is 0 Å². The quantitative estimate of drug-likeness (QED) is 0.761. The number of carbonyl (C=O) groups is 1. The van der Waals surface area contributed by atoms with E-state index in [1.54, 1.807) is 24.3 Å². The average Bonchev–Trinajstić information content (AvgIpc) is 2.89. The summed E-state index contributed by atoms with van der Waals surface area (Å²) in [6.45, 7) is 0. The van der Waals surface area contributed by atoms with Crippen LogP contribution in [-0.2, 0) is 5.66 Å². The molecule has 7 nitrogen and oxygen atoms in total. The van der Waals surface area contributed by atoms with E-state index in [0.29, 0.717) is 22.7 Å². The van der Waals surface area contributed by atoms with Gasteiger partial charge in [0.2, 0.25) is 5.91 Å². The summed E-state index contributed by atoms with van der Waals surface area (Å²) >= 11 is 0. The first-order chi connectivity index (χ1) is 9.13. The molecule has 1 atom stereocenters. The van der Waals surface area contributed by atoms with Crippen molar-refractivity contribution in [3.63, 3.8) is 0 Å². The van der Waals surface area contributed by atoms with Crippen LogP contribution < -0.4 is 11.5 Å². The molecule has 2 heterocycles. The average molecular weight is 254 g/mol. The van der Waals surface area contributed by atoms with Gasteiger partial charge in [-0.05, 0) is 6.07 Å². The molecule has 19 heavy (non-hydrogen) atoms. The molecule has 0 fully saturated rings. The van der Waals surface area contributed by atoms with Crippen LogP contribution in [0.2, 0.25) is 0 Å². The number of amidine groups is 1. The minimum atomic E-state index is -1.29. The van der Waals surface area contributed by atoms with E-state index >= 15 is 0 Å². The van der Waals surface area contributed by atoms with Gasteiger partial charge in [0.05, 0.1) is 0 Å². The highest BCUT2D eigenvalue weighted by atomic mass is 16.1. The van der Waals surface area contributed by atoms with Crippen LogP contribution >= 0.6 is 0 Å². The van der Waals surface area contributed by atoms with Gasteiger partial charge in [0.25, 0.3) is 0 Å². The second-order valence-corrected chi connectivity index (χ2v) is 4.10. The normalized spacial score (nSPS) is 23.8. The Morgan fingerprint density at radius 2 is 1.95 bits per heavy atom. The second kappa shape index (κ2) is 3.92. The molecule has 7 heteroatoms. The lowest BCUT2D eigenvalue weighted by Gasteiger charge is -2.28. The van der Waals surface area contributed by atoms with E-state index in [0.717, 1.165) is 0 Å².